The molecule has 6 nitrogen and oxygen atoms in total. The maximum absolute atomic E-state index is 12.9. The van der Waals surface area contributed by atoms with Crippen molar-refractivity contribution in [2.24, 2.45) is 0 Å². The van der Waals surface area contributed by atoms with Crippen LogP contribution in [0.15, 0.2) is 70.0 Å². The van der Waals surface area contributed by atoms with E-state index < -0.39 is 11.9 Å². The van der Waals surface area contributed by atoms with Crippen molar-refractivity contribution in [3.8, 4) is 11.5 Å². The third-order valence-electron chi connectivity index (χ3n) is 4.94. The summed E-state index contributed by atoms with van der Waals surface area (Å²) >= 11 is 16.3. The predicted octanol–water partition coefficient (Wildman–Crippen LogP) is 7.22. The largest absolute Gasteiger partial charge is 0.493 e. The van der Waals surface area contributed by atoms with Crippen molar-refractivity contribution in [3.63, 3.8) is 0 Å². The number of amides is 2. The first kappa shape index (κ1) is 25.3. The van der Waals surface area contributed by atoms with E-state index in [1.165, 1.54) is 7.11 Å². The lowest BCUT2D eigenvalue weighted by molar-refractivity contribution is -0.123. The minimum atomic E-state index is -0.649. The van der Waals surface area contributed by atoms with Crippen LogP contribution in [0.5, 0.6) is 11.5 Å². The molecule has 10 heteroatoms. The highest BCUT2D eigenvalue weighted by molar-refractivity contribution is 9.10. The van der Waals surface area contributed by atoms with Gasteiger partial charge in [0.2, 0.25) is 0 Å². The summed E-state index contributed by atoms with van der Waals surface area (Å²) in [6.45, 7) is 0.118. The number of ether oxygens (including phenoxy) is 2. The van der Waals surface area contributed by atoms with E-state index in [2.05, 4.69) is 15.9 Å². The van der Waals surface area contributed by atoms with Gasteiger partial charge >= 0.3 is 5.97 Å². The fraction of sp³-hybridized carbons (Fsp3) is 0.0800. The summed E-state index contributed by atoms with van der Waals surface area (Å²) in [7, 11) is 1.43. The molecule has 0 aliphatic carbocycles. The molecule has 178 valence electrons. The molecule has 3 aromatic carbocycles. The summed E-state index contributed by atoms with van der Waals surface area (Å²) in [5.74, 6) is -0.651. The molecule has 0 atom stereocenters. The summed E-state index contributed by atoms with van der Waals surface area (Å²) in [4.78, 5) is 39.4. The van der Waals surface area contributed by atoms with E-state index in [4.69, 9.17) is 32.7 Å². The standard InChI is InChI=1S/C25H16BrCl2NO5S/c1-33-20-11-15(10-18(26)22(20)34-24(31)17-7-2-3-8-19(17)28)12-21-23(30)29(25(32)35-21)13-14-5-4-6-16(27)9-14/h2-12H,13H2,1H3/b21-12-. The highest BCUT2D eigenvalue weighted by atomic mass is 79.9. The van der Waals surface area contributed by atoms with Gasteiger partial charge < -0.3 is 9.47 Å². The first-order valence-electron chi connectivity index (χ1n) is 10.1. The molecule has 0 aromatic heterocycles. The van der Waals surface area contributed by atoms with Crippen LogP contribution in [0.2, 0.25) is 10.0 Å². The van der Waals surface area contributed by atoms with Crippen molar-refractivity contribution < 1.29 is 23.9 Å². The Labute approximate surface area is 223 Å². The quantitative estimate of drug-likeness (QED) is 0.171. The topological polar surface area (TPSA) is 72.9 Å². The fourth-order valence-electron chi connectivity index (χ4n) is 3.30. The van der Waals surface area contributed by atoms with Crippen molar-refractivity contribution in [1.29, 1.82) is 0 Å². The van der Waals surface area contributed by atoms with Crippen molar-refractivity contribution >= 4 is 74.1 Å². The number of thioether (sulfide) groups is 1. The van der Waals surface area contributed by atoms with Crippen LogP contribution in [0.1, 0.15) is 21.5 Å². The zero-order valence-electron chi connectivity index (χ0n) is 18.1. The summed E-state index contributed by atoms with van der Waals surface area (Å²) in [5.41, 5.74) is 1.52. The summed E-state index contributed by atoms with van der Waals surface area (Å²) in [6, 6.07) is 16.8. The van der Waals surface area contributed by atoms with E-state index in [0.29, 0.717) is 15.1 Å². The van der Waals surface area contributed by atoms with Crippen LogP contribution in [0, 0.1) is 0 Å². The molecule has 0 bridgehead atoms. The maximum Gasteiger partial charge on any atom is 0.345 e. The van der Waals surface area contributed by atoms with Crippen molar-refractivity contribution in [3.05, 3.63) is 96.8 Å². The first-order chi connectivity index (χ1) is 16.8. The minimum absolute atomic E-state index is 0.118. The monoisotopic (exact) mass is 591 g/mol. The van der Waals surface area contributed by atoms with Crippen LogP contribution in [-0.2, 0) is 11.3 Å². The molecule has 0 saturated carbocycles. The number of hydrogen-bond donors (Lipinski definition) is 0. The van der Waals surface area contributed by atoms with Gasteiger partial charge in [0.05, 0.1) is 33.6 Å². The molecule has 1 heterocycles. The lowest BCUT2D eigenvalue weighted by Crippen LogP contribution is -2.27. The average Bonchev–Trinajstić information content (AvgIpc) is 3.08. The van der Waals surface area contributed by atoms with Gasteiger partial charge in [0.1, 0.15) is 0 Å². The van der Waals surface area contributed by atoms with Gasteiger partial charge in [0.25, 0.3) is 11.1 Å². The fourth-order valence-corrected chi connectivity index (χ4v) is 5.11. The van der Waals surface area contributed by atoms with Gasteiger partial charge in [-0.1, -0.05) is 47.5 Å². The highest BCUT2D eigenvalue weighted by Gasteiger charge is 2.35. The molecule has 35 heavy (non-hydrogen) atoms. The molecule has 0 unspecified atom stereocenters. The summed E-state index contributed by atoms with van der Waals surface area (Å²) in [6.07, 6.45) is 1.58. The van der Waals surface area contributed by atoms with E-state index >= 15 is 0 Å². The summed E-state index contributed by atoms with van der Waals surface area (Å²) in [5, 5.41) is 0.410. The van der Waals surface area contributed by atoms with Gasteiger partial charge in [-0.3, -0.25) is 14.5 Å². The third kappa shape index (κ3) is 5.73. The SMILES string of the molecule is COc1cc(/C=C2\SC(=O)N(Cc3cccc(Cl)c3)C2=O)cc(Br)c1OC(=O)c1ccccc1Cl. The Hall–Kier alpha value is -2.78. The van der Waals surface area contributed by atoms with E-state index in [0.717, 1.165) is 22.2 Å². The molecule has 0 spiro atoms. The molecule has 2 amide bonds. The number of imide groups is 1. The smallest absolute Gasteiger partial charge is 0.345 e. The zero-order valence-corrected chi connectivity index (χ0v) is 22.0. The number of carbonyl (C=O) groups excluding carboxylic acids is 3. The summed E-state index contributed by atoms with van der Waals surface area (Å²) < 4.78 is 11.4. The Bertz CT molecular complexity index is 1380. The minimum Gasteiger partial charge on any atom is -0.493 e. The first-order valence-corrected chi connectivity index (χ1v) is 12.5. The number of nitrogens with zero attached hydrogens (tertiary/aromatic N) is 1. The van der Waals surface area contributed by atoms with E-state index in [-0.39, 0.29) is 38.8 Å². The average molecular weight is 593 g/mol. The molecule has 1 saturated heterocycles. The number of halogens is 3. The maximum atomic E-state index is 12.9. The Morgan fingerprint density at radius 3 is 2.57 bits per heavy atom. The van der Waals surface area contributed by atoms with Gasteiger partial charge in [0.15, 0.2) is 11.5 Å². The molecular formula is C25H16BrCl2NO5S. The van der Waals surface area contributed by atoms with Crippen molar-refractivity contribution in [2.75, 3.05) is 7.11 Å². The van der Waals surface area contributed by atoms with E-state index in [1.807, 2.05) is 0 Å². The number of methoxy groups -OCH3 is 1. The highest BCUT2D eigenvalue weighted by Crippen LogP contribution is 2.40. The second-order valence-electron chi connectivity index (χ2n) is 7.30. The zero-order chi connectivity index (χ0) is 25.1. The van der Waals surface area contributed by atoms with Gasteiger partial charge in [0, 0.05) is 5.02 Å². The third-order valence-corrected chi connectivity index (χ3v) is 7.00. The second-order valence-corrected chi connectivity index (χ2v) is 9.99. The van der Waals surface area contributed by atoms with Crippen LogP contribution in [0.3, 0.4) is 0 Å². The van der Waals surface area contributed by atoms with Crippen LogP contribution in [0.4, 0.5) is 4.79 Å². The Morgan fingerprint density at radius 2 is 1.86 bits per heavy atom. The van der Waals surface area contributed by atoms with E-state index in [9.17, 15) is 14.4 Å². The van der Waals surface area contributed by atoms with Gasteiger partial charge in [-0.2, -0.15) is 0 Å². The molecule has 3 aromatic rings. The number of hydrogen-bond acceptors (Lipinski definition) is 6. The van der Waals surface area contributed by atoms with Gasteiger partial charge in [-0.05, 0) is 81.3 Å². The Kier molecular flexibility index (Phi) is 7.86. The molecule has 0 N–H and O–H groups in total. The normalized spacial score (nSPS) is 14.5. The van der Waals surface area contributed by atoms with E-state index in [1.54, 1.807) is 66.7 Å². The van der Waals surface area contributed by atoms with Crippen molar-refractivity contribution in [1.82, 2.24) is 4.90 Å². The Balaban J connectivity index is 1.57. The molecular weight excluding hydrogens is 577 g/mol. The van der Waals surface area contributed by atoms with Crippen LogP contribution >= 0.6 is 50.9 Å². The number of benzene rings is 3. The lowest BCUT2D eigenvalue weighted by atomic mass is 10.1. The molecule has 1 aliphatic rings. The molecule has 1 aliphatic heterocycles. The number of carbonyl (C=O) groups is 3. The lowest BCUT2D eigenvalue weighted by Gasteiger charge is -2.13. The van der Waals surface area contributed by atoms with Crippen LogP contribution < -0.4 is 9.47 Å². The predicted molar refractivity (Wildman–Crippen MR) is 140 cm³/mol. The molecule has 1 fully saturated rings. The van der Waals surface area contributed by atoms with Crippen LogP contribution in [0.25, 0.3) is 6.08 Å². The number of rotatable bonds is 6. The van der Waals surface area contributed by atoms with Crippen LogP contribution in [-0.4, -0.2) is 29.1 Å². The second kappa shape index (κ2) is 10.9. The van der Waals surface area contributed by atoms with Gasteiger partial charge in [-0.25, -0.2) is 4.79 Å². The molecule has 0 radical (unpaired) electrons. The molecule has 4 rings (SSSR count). The number of esters is 1. The van der Waals surface area contributed by atoms with Crippen molar-refractivity contribution in [2.45, 2.75) is 6.54 Å². The van der Waals surface area contributed by atoms with Gasteiger partial charge in [-0.15, -0.1) is 0 Å². The Morgan fingerprint density at radius 1 is 1.09 bits per heavy atom.